The van der Waals surface area contributed by atoms with Gasteiger partial charge in [-0.1, -0.05) is 42.2 Å². The van der Waals surface area contributed by atoms with E-state index in [0.717, 1.165) is 10.9 Å². The standard InChI is InChI=1S/C26H21N3O4S/c1-3-33-23-15-22(26(30)31)28-16-20(23)13-12-18-7-4-5-9-21(18)29-34(32)25-17(2)10-11-19-8-6-14-27-24(19)25/h4-11,14-16,29H,3H2,1-2H3,(H,30,31). The molecule has 0 saturated heterocycles. The second kappa shape index (κ2) is 10.1. The first kappa shape index (κ1) is 23.0. The van der Waals surface area contributed by atoms with Crippen molar-refractivity contribution < 1.29 is 18.8 Å². The Labute approximate surface area is 199 Å². The molecule has 0 radical (unpaired) electrons. The molecular formula is C26H21N3O4S. The molecule has 34 heavy (non-hydrogen) atoms. The minimum Gasteiger partial charge on any atom is -0.492 e. The van der Waals surface area contributed by atoms with E-state index in [1.54, 1.807) is 25.3 Å². The first-order chi connectivity index (χ1) is 16.5. The SMILES string of the molecule is CCOc1cc(C(=O)O)ncc1C#Cc1ccccc1NS(=O)c1c(C)ccc2cccnc12. The summed E-state index contributed by atoms with van der Waals surface area (Å²) in [6.07, 6.45) is 3.06. The monoisotopic (exact) mass is 471 g/mol. The Morgan fingerprint density at radius 3 is 2.68 bits per heavy atom. The van der Waals surface area contributed by atoms with Crippen LogP contribution in [0, 0.1) is 18.8 Å². The molecule has 4 rings (SSSR count). The smallest absolute Gasteiger partial charge is 0.354 e. The van der Waals surface area contributed by atoms with Crippen molar-refractivity contribution in [3.05, 3.63) is 89.4 Å². The van der Waals surface area contributed by atoms with Crippen LogP contribution in [0.15, 0.2) is 71.9 Å². The molecular weight excluding hydrogens is 450 g/mol. The summed E-state index contributed by atoms with van der Waals surface area (Å²) in [4.78, 5) is 20.2. The van der Waals surface area contributed by atoms with E-state index in [4.69, 9.17) is 4.74 Å². The summed E-state index contributed by atoms with van der Waals surface area (Å²) in [5.41, 5.74) is 3.09. The van der Waals surface area contributed by atoms with E-state index in [1.165, 1.54) is 12.3 Å². The fourth-order valence-electron chi connectivity index (χ4n) is 3.34. The predicted octanol–water partition coefficient (Wildman–Crippen LogP) is 4.57. The lowest BCUT2D eigenvalue weighted by molar-refractivity contribution is 0.0690. The number of aromatic carboxylic acids is 1. The van der Waals surface area contributed by atoms with Crippen LogP contribution < -0.4 is 9.46 Å². The molecule has 0 spiro atoms. The molecule has 0 aliphatic carbocycles. The number of pyridine rings is 2. The third kappa shape index (κ3) is 4.90. The Kier molecular flexibility index (Phi) is 6.85. The molecule has 1 atom stereocenters. The second-order valence-corrected chi connectivity index (χ2v) is 8.41. The molecule has 0 fully saturated rings. The number of hydrogen-bond donors (Lipinski definition) is 2. The van der Waals surface area contributed by atoms with Crippen LogP contribution in [0.1, 0.15) is 34.1 Å². The van der Waals surface area contributed by atoms with E-state index >= 15 is 0 Å². The summed E-state index contributed by atoms with van der Waals surface area (Å²) >= 11 is 0. The number of carboxylic acids is 1. The number of aromatic nitrogens is 2. The summed E-state index contributed by atoms with van der Waals surface area (Å²) < 4.78 is 22.0. The zero-order chi connectivity index (χ0) is 24.1. The fraction of sp³-hybridized carbons (Fsp3) is 0.115. The van der Waals surface area contributed by atoms with E-state index in [2.05, 4.69) is 26.5 Å². The van der Waals surface area contributed by atoms with Crippen LogP contribution in [-0.2, 0) is 11.0 Å². The van der Waals surface area contributed by atoms with Gasteiger partial charge in [-0.05, 0) is 37.6 Å². The molecule has 2 aromatic heterocycles. The number of carbonyl (C=O) groups is 1. The number of carboxylic acid groups (broad SMARTS) is 1. The van der Waals surface area contributed by atoms with Crippen molar-refractivity contribution in [1.82, 2.24) is 9.97 Å². The quantitative estimate of drug-likeness (QED) is 0.400. The van der Waals surface area contributed by atoms with Gasteiger partial charge in [-0.3, -0.25) is 9.71 Å². The van der Waals surface area contributed by atoms with E-state index in [9.17, 15) is 14.1 Å². The normalized spacial score (nSPS) is 11.4. The zero-order valence-corrected chi connectivity index (χ0v) is 19.3. The van der Waals surface area contributed by atoms with Crippen molar-refractivity contribution in [3.63, 3.8) is 0 Å². The summed E-state index contributed by atoms with van der Waals surface area (Å²) in [5, 5.41) is 10.1. The Hall–Kier alpha value is -4.22. The Balaban J connectivity index is 1.68. The lowest BCUT2D eigenvalue weighted by atomic mass is 10.1. The fourth-order valence-corrected chi connectivity index (χ4v) is 4.53. The number of anilines is 1. The Bertz CT molecular complexity index is 1470. The van der Waals surface area contributed by atoms with Gasteiger partial charge in [0.15, 0.2) is 16.7 Å². The van der Waals surface area contributed by atoms with Gasteiger partial charge < -0.3 is 9.84 Å². The number of rotatable bonds is 6. The van der Waals surface area contributed by atoms with Gasteiger partial charge in [0.2, 0.25) is 0 Å². The maximum Gasteiger partial charge on any atom is 0.354 e. The maximum absolute atomic E-state index is 13.3. The van der Waals surface area contributed by atoms with Gasteiger partial charge in [-0.25, -0.2) is 14.0 Å². The Morgan fingerprint density at radius 2 is 1.88 bits per heavy atom. The topological polar surface area (TPSA) is 101 Å². The van der Waals surface area contributed by atoms with Crippen LogP contribution in [0.3, 0.4) is 0 Å². The van der Waals surface area contributed by atoms with Crippen LogP contribution in [-0.4, -0.2) is 31.9 Å². The van der Waals surface area contributed by atoms with Gasteiger partial charge in [0.05, 0.1) is 28.3 Å². The molecule has 0 aliphatic rings. The minimum atomic E-state index is -1.58. The third-order valence-corrected chi connectivity index (χ3v) is 6.25. The molecule has 1 unspecified atom stereocenters. The molecule has 2 N–H and O–H groups in total. The Morgan fingerprint density at radius 1 is 1.09 bits per heavy atom. The number of benzene rings is 2. The molecule has 0 amide bonds. The predicted molar refractivity (Wildman–Crippen MR) is 131 cm³/mol. The highest BCUT2D eigenvalue weighted by molar-refractivity contribution is 7.86. The number of aryl methyl sites for hydroxylation is 1. The van der Waals surface area contributed by atoms with Gasteiger partial charge in [0.1, 0.15) is 5.75 Å². The second-order valence-electron chi connectivity index (χ2n) is 7.26. The van der Waals surface area contributed by atoms with E-state index < -0.39 is 17.0 Å². The van der Waals surface area contributed by atoms with E-state index in [0.29, 0.717) is 39.6 Å². The van der Waals surface area contributed by atoms with Crippen molar-refractivity contribution in [1.29, 1.82) is 0 Å². The van der Waals surface area contributed by atoms with Crippen molar-refractivity contribution in [3.8, 4) is 17.6 Å². The molecule has 0 bridgehead atoms. The largest absolute Gasteiger partial charge is 0.492 e. The number of fused-ring (bicyclic) bond motifs is 1. The van der Waals surface area contributed by atoms with Crippen molar-refractivity contribution in [2.75, 3.05) is 11.3 Å². The van der Waals surface area contributed by atoms with Crippen molar-refractivity contribution in [2.24, 2.45) is 0 Å². The minimum absolute atomic E-state index is 0.120. The van der Waals surface area contributed by atoms with Crippen molar-refractivity contribution >= 4 is 33.5 Å². The molecule has 0 aliphatic heterocycles. The van der Waals surface area contributed by atoms with E-state index in [1.807, 2.05) is 43.3 Å². The van der Waals surface area contributed by atoms with Crippen LogP contribution in [0.2, 0.25) is 0 Å². The summed E-state index contributed by atoms with van der Waals surface area (Å²) in [5.74, 6) is 5.25. The summed E-state index contributed by atoms with van der Waals surface area (Å²) in [7, 11) is -1.58. The summed E-state index contributed by atoms with van der Waals surface area (Å²) in [6.45, 7) is 4.06. The van der Waals surface area contributed by atoms with Gasteiger partial charge >= 0.3 is 5.97 Å². The highest BCUT2D eigenvalue weighted by Gasteiger charge is 2.15. The van der Waals surface area contributed by atoms with Gasteiger partial charge in [0.25, 0.3) is 0 Å². The number of nitrogens with one attached hydrogen (secondary N) is 1. The van der Waals surface area contributed by atoms with Crippen LogP contribution in [0.25, 0.3) is 10.9 Å². The number of para-hydroxylation sites is 1. The molecule has 2 aromatic carbocycles. The molecule has 7 nitrogen and oxygen atoms in total. The van der Waals surface area contributed by atoms with Crippen LogP contribution in [0.4, 0.5) is 5.69 Å². The van der Waals surface area contributed by atoms with Crippen molar-refractivity contribution in [2.45, 2.75) is 18.7 Å². The van der Waals surface area contributed by atoms with E-state index in [-0.39, 0.29) is 5.69 Å². The number of ether oxygens (including phenoxy) is 1. The highest BCUT2D eigenvalue weighted by atomic mass is 32.2. The summed E-state index contributed by atoms with van der Waals surface area (Å²) in [6, 6.07) is 16.3. The van der Waals surface area contributed by atoms with Gasteiger partial charge in [0, 0.05) is 29.4 Å². The first-order valence-corrected chi connectivity index (χ1v) is 11.6. The average Bonchev–Trinajstić information content (AvgIpc) is 2.84. The lowest BCUT2D eigenvalue weighted by Crippen LogP contribution is -2.08. The molecule has 4 aromatic rings. The third-order valence-electron chi connectivity index (χ3n) is 4.96. The molecule has 170 valence electrons. The maximum atomic E-state index is 13.3. The molecule has 8 heteroatoms. The molecule has 2 heterocycles. The first-order valence-electron chi connectivity index (χ1n) is 10.5. The molecule has 0 saturated carbocycles. The average molecular weight is 472 g/mol. The lowest BCUT2D eigenvalue weighted by Gasteiger charge is -2.12. The van der Waals surface area contributed by atoms with Crippen LogP contribution in [0.5, 0.6) is 5.75 Å². The van der Waals surface area contributed by atoms with Crippen LogP contribution >= 0.6 is 0 Å². The zero-order valence-electron chi connectivity index (χ0n) is 18.5. The van der Waals surface area contributed by atoms with Gasteiger partial charge in [-0.15, -0.1) is 0 Å². The number of hydrogen-bond acceptors (Lipinski definition) is 5. The number of nitrogens with zero attached hydrogens (tertiary/aromatic N) is 2. The van der Waals surface area contributed by atoms with Gasteiger partial charge in [-0.2, -0.15) is 0 Å². The highest BCUT2D eigenvalue weighted by Crippen LogP contribution is 2.26.